The normalized spacial score (nSPS) is 19.4. The van der Waals surface area contributed by atoms with E-state index in [0.29, 0.717) is 12.8 Å². The summed E-state index contributed by atoms with van der Waals surface area (Å²) in [5.74, 6) is -4.53. The maximum atomic E-state index is 13.0. The summed E-state index contributed by atoms with van der Waals surface area (Å²) in [4.78, 5) is 67.4. The number of Topliss-reactive ketones (excluding diaryl/α,β-unsaturated/α-hetero) is 2. The van der Waals surface area contributed by atoms with Gasteiger partial charge < -0.3 is 10.1 Å². The molecule has 0 radical (unpaired) electrons. The second kappa shape index (κ2) is 12.8. The van der Waals surface area contributed by atoms with E-state index in [2.05, 4.69) is 10.8 Å². The molecule has 9 nitrogen and oxygen atoms in total. The van der Waals surface area contributed by atoms with Crippen molar-refractivity contribution < 1.29 is 33.5 Å². The number of ether oxygens (including phenoxy) is 1. The van der Waals surface area contributed by atoms with Crippen molar-refractivity contribution in [3.8, 4) is 0 Å². The smallest absolute Gasteiger partial charge is 0.311 e. The minimum absolute atomic E-state index is 0.0835. The minimum Gasteiger partial charge on any atom is -0.465 e. The largest absolute Gasteiger partial charge is 0.465 e. The van der Waals surface area contributed by atoms with Crippen LogP contribution in [0.25, 0.3) is 0 Å². The zero-order valence-corrected chi connectivity index (χ0v) is 21.0. The van der Waals surface area contributed by atoms with Crippen molar-refractivity contribution >= 4 is 29.4 Å². The Morgan fingerprint density at radius 1 is 1.12 bits per heavy atom. The molecule has 1 aliphatic heterocycles. The molecule has 1 fully saturated rings. The Balaban J connectivity index is 2.85. The molecule has 1 rings (SSSR count). The standard InChI is InChI=1S/C24H40N2O7/c1-14(2)17(12-19(28)32-13-24(5,6)7)22(30)25-20(15(3)4)18(27)11-16-9-8-10-33-26-23(31)21(16)29/h14-17,20H,8-13H2,1-7H3,(H,25,30)(H,26,31). The van der Waals surface area contributed by atoms with Crippen LogP contribution in [0.3, 0.4) is 0 Å². The molecule has 2 amide bonds. The first-order valence-electron chi connectivity index (χ1n) is 11.7. The van der Waals surface area contributed by atoms with E-state index in [1.807, 2.05) is 34.6 Å². The molecule has 3 atom stereocenters. The Morgan fingerprint density at radius 2 is 1.76 bits per heavy atom. The average molecular weight is 469 g/mol. The summed E-state index contributed by atoms with van der Waals surface area (Å²) in [6.07, 6.45) is 0.648. The van der Waals surface area contributed by atoms with E-state index in [1.54, 1.807) is 13.8 Å². The first-order chi connectivity index (χ1) is 15.2. The van der Waals surface area contributed by atoms with Gasteiger partial charge in [0.15, 0.2) is 5.78 Å². The molecule has 0 aromatic carbocycles. The summed E-state index contributed by atoms with van der Waals surface area (Å²) in [6, 6.07) is -0.832. The number of carbonyl (C=O) groups is 5. The molecule has 1 aliphatic rings. The third-order valence-corrected chi connectivity index (χ3v) is 5.51. The molecule has 0 aromatic rings. The van der Waals surface area contributed by atoms with Gasteiger partial charge in [0.2, 0.25) is 11.7 Å². The highest BCUT2D eigenvalue weighted by Gasteiger charge is 2.35. The summed E-state index contributed by atoms with van der Waals surface area (Å²) in [7, 11) is 0. The van der Waals surface area contributed by atoms with Crippen molar-refractivity contribution in [1.29, 1.82) is 0 Å². The second-order valence-corrected chi connectivity index (χ2v) is 10.7. The Kier molecular flexibility index (Phi) is 11.2. The summed E-state index contributed by atoms with van der Waals surface area (Å²) >= 11 is 0. The predicted octanol–water partition coefficient (Wildman–Crippen LogP) is 2.36. The van der Waals surface area contributed by atoms with Gasteiger partial charge in [0.25, 0.3) is 0 Å². The fraction of sp³-hybridized carbons (Fsp3) is 0.792. The van der Waals surface area contributed by atoms with Crippen LogP contribution in [0.2, 0.25) is 0 Å². The molecular weight excluding hydrogens is 428 g/mol. The minimum atomic E-state index is -0.869. The lowest BCUT2D eigenvalue weighted by Crippen LogP contribution is -2.49. The molecule has 0 spiro atoms. The highest BCUT2D eigenvalue weighted by molar-refractivity contribution is 6.37. The van der Waals surface area contributed by atoms with E-state index in [1.165, 1.54) is 0 Å². The van der Waals surface area contributed by atoms with Gasteiger partial charge in [0.05, 0.1) is 31.6 Å². The molecule has 0 aliphatic carbocycles. The lowest BCUT2D eigenvalue weighted by molar-refractivity contribution is -0.151. The summed E-state index contributed by atoms with van der Waals surface area (Å²) in [5.41, 5.74) is 1.89. The van der Waals surface area contributed by atoms with E-state index in [4.69, 9.17) is 9.57 Å². The fourth-order valence-corrected chi connectivity index (χ4v) is 3.50. The maximum absolute atomic E-state index is 13.0. The van der Waals surface area contributed by atoms with E-state index in [0.717, 1.165) is 0 Å². The molecule has 0 bridgehead atoms. The number of hydrogen-bond acceptors (Lipinski definition) is 7. The number of hydroxylamine groups is 1. The van der Waals surface area contributed by atoms with E-state index in [-0.39, 0.29) is 49.1 Å². The van der Waals surface area contributed by atoms with Crippen LogP contribution >= 0.6 is 0 Å². The first-order valence-corrected chi connectivity index (χ1v) is 11.7. The predicted molar refractivity (Wildman–Crippen MR) is 122 cm³/mol. The maximum Gasteiger partial charge on any atom is 0.311 e. The van der Waals surface area contributed by atoms with Crippen molar-refractivity contribution in [3.05, 3.63) is 0 Å². The van der Waals surface area contributed by atoms with Crippen LogP contribution in [-0.2, 0) is 33.5 Å². The van der Waals surface area contributed by atoms with Crippen molar-refractivity contribution in [3.63, 3.8) is 0 Å². The van der Waals surface area contributed by atoms with Gasteiger partial charge in [-0.1, -0.05) is 48.5 Å². The van der Waals surface area contributed by atoms with Gasteiger partial charge in [0.1, 0.15) is 0 Å². The SMILES string of the molecule is CC(C)C(CC(=O)OCC(C)(C)C)C(=O)NC(C(=O)CC1CCCONC(=O)C1=O)C(C)C. The van der Waals surface area contributed by atoms with Gasteiger partial charge in [-0.2, -0.15) is 0 Å². The van der Waals surface area contributed by atoms with Crippen LogP contribution in [0.1, 0.15) is 74.1 Å². The van der Waals surface area contributed by atoms with Crippen LogP contribution in [0, 0.1) is 29.1 Å². The van der Waals surface area contributed by atoms with Gasteiger partial charge in [0, 0.05) is 12.3 Å². The summed E-state index contributed by atoms with van der Waals surface area (Å²) in [6.45, 7) is 13.6. The lowest BCUT2D eigenvalue weighted by atomic mass is 9.86. The zero-order valence-electron chi connectivity index (χ0n) is 21.0. The Hall–Kier alpha value is -2.29. The monoisotopic (exact) mass is 468 g/mol. The third-order valence-electron chi connectivity index (χ3n) is 5.51. The number of esters is 1. The van der Waals surface area contributed by atoms with E-state index >= 15 is 0 Å². The van der Waals surface area contributed by atoms with Crippen LogP contribution in [0.5, 0.6) is 0 Å². The molecule has 188 valence electrons. The van der Waals surface area contributed by atoms with Gasteiger partial charge in [-0.3, -0.25) is 28.8 Å². The number of amides is 2. The molecule has 33 heavy (non-hydrogen) atoms. The van der Waals surface area contributed by atoms with E-state index < -0.39 is 41.4 Å². The van der Waals surface area contributed by atoms with Crippen LogP contribution < -0.4 is 10.8 Å². The first kappa shape index (κ1) is 28.7. The Morgan fingerprint density at radius 3 is 2.30 bits per heavy atom. The summed E-state index contributed by atoms with van der Waals surface area (Å²) < 4.78 is 5.31. The Bertz CT molecular complexity index is 725. The molecular formula is C24H40N2O7. The highest BCUT2D eigenvalue weighted by Crippen LogP contribution is 2.21. The number of ketones is 2. The molecule has 9 heteroatoms. The van der Waals surface area contributed by atoms with Crippen molar-refractivity contribution in [2.75, 3.05) is 13.2 Å². The van der Waals surface area contributed by atoms with Gasteiger partial charge in [-0.15, -0.1) is 0 Å². The van der Waals surface area contributed by atoms with Gasteiger partial charge >= 0.3 is 11.9 Å². The highest BCUT2D eigenvalue weighted by atomic mass is 16.7. The van der Waals surface area contributed by atoms with Gasteiger partial charge in [-0.25, -0.2) is 5.48 Å². The zero-order chi connectivity index (χ0) is 25.3. The molecule has 0 saturated carbocycles. The molecule has 0 aromatic heterocycles. The van der Waals surface area contributed by atoms with Crippen molar-refractivity contribution in [2.24, 2.45) is 29.1 Å². The quantitative estimate of drug-likeness (QED) is 0.372. The molecule has 3 unspecified atom stereocenters. The number of hydrogen-bond donors (Lipinski definition) is 2. The Labute approximate surface area is 196 Å². The van der Waals surface area contributed by atoms with Crippen LogP contribution in [0.4, 0.5) is 0 Å². The van der Waals surface area contributed by atoms with E-state index in [9.17, 15) is 24.0 Å². The lowest BCUT2D eigenvalue weighted by Gasteiger charge is -2.27. The molecule has 2 N–H and O–H groups in total. The topological polar surface area (TPSA) is 128 Å². The summed E-state index contributed by atoms with van der Waals surface area (Å²) in [5, 5.41) is 2.79. The van der Waals surface area contributed by atoms with Crippen molar-refractivity contribution in [1.82, 2.24) is 10.8 Å². The number of nitrogens with one attached hydrogen (secondary N) is 2. The van der Waals surface area contributed by atoms with Crippen molar-refractivity contribution in [2.45, 2.75) is 80.2 Å². The average Bonchev–Trinajstić information content (AvgIpc) is 2.70. The van der Waals surface area contributed by atoms with Crippen LogP contribution in [-0.4, -0.2) is 48.6 Å². The molecule has 1 heterocycles. The third kappa shape index (κ3) is 10.0. The number of rotatable bonds is 10. The second-order valence-electron chi connectivity index (χ2n) is 10.7. The molecule has 1 saturated heterocycles. The number of carbonyl (C=O) groups excluding carboxylic acids is 5. The fourth-order valence-electron chi connectivity index (χ4n) is 3.50. The van der Waals surface area contributed by atoms with Crippen LogP contribution in [0.15, 0.2) is 0 Å². The van der Waals surface area contributed by atoms with Gasteiger partial charge in [-0.05, 0) is 30.1 Å².